The Labute approximate surface area is 168 Å². The lowest BCUT2D eigenvalue weighted by Crippen LogP contribution is -2.32. The predicted octanol–water partition coefficient (Wildman–Crippen LogP) is 4.17. The number of hydrogen-bond donors (Lipinski definition) is 2. The average Bonchev–Trinajstić information content (AvgIpc) is 2.57. The van der Waals surface area contributed by atoms with Crippen LogP contribution in [0.4, 0.5) is 5.69 Å². The van der Waals surface area contributed by atoms with Gasteiger partial charge >= 0.3 is 0 Å². The summed E-state index contributed by atoms with van der Waals surface area (Å²) >= 11 is 0. The summed E-state index contributed by atoms with van der Waals surface area (Å²) in [4.78, 5) is 6.76. The van der Waals surface area contributed by atoms with Gasteiger partial charge < -0.3 is 11.1 Å². The lowest BCUT2D eigenvalue weighted by atomic mass is 10.1. The summed E-state index contributed by atoms with van der Waals surface area (Å²) in [5.74, 6) is 0.457. The summed E-state index contributed by atoms with van der Waals surface area (Å²) in [6, 6.07) is 17.0. The highest BCUT2D eigenvalue weighted by atomic mass is 127. The number of nitrogens with two attached hydrogens (primary N) is 1. The largest absolute Gasteiger partial charge is 0.370 e. The average molecular weight is 452 g/mol. The van der Waals surface area contributed by atoms with E-state index in [1.165, 1.54) is 16.7 Å². The molecule has 0 aliphatic carbocycles. The molecule has 25 heavy (non-hydrogen) atoms. The van der Waals surface area contributed by atoms with Crippen molar-refractivity contribution in [1.29, 1.82) is 0 Å². The van der Waals surface area contributed by atoms with E-state index < -0.39 is 0 Å². The van der Waals surface area contributed by atoms with E-state index in [0.717, 1.165) is 12.2 Å². The molecule has 2 aromatic carbocycles. The van der Waals surface area contributed by atoms with E-state index in [0.29, 0.717) is 18.5 Å². The van der Waals surface area contributed by atoms with Crippen LogP contribution in [0.2, 0.25) is 0 Å². The molecule has 0 saturated heterocycles. The summed E-state index contributed by atoms with van der Waals surface area (Å²) in [6.45, 7) is 7.92. The Morgan fingerprint density at radius 3 is 2.44 bits per heavy atom. The summed E-state index contributed by atoms with van der Waals surface area (Å²) in [6.07, 6.45) is 0. The van der Waals surface area contributed by atoms with Crippen molar-refractivity contribution in [3.05, 3.63) is 65.2 Å². The molecule has 0 radical (unpaired) electrons. The Kier molecular flexibility index (Phi) is 8.92. The number of likely N-dealkylation sites (N-methyl/N-ethyl adjacent to an activating group) is 1. The molecule has 1 atom stereocenters. The zero-order chi connectivity index (χ0) is 17.5. The second-order valence-corrected chi connectivity index (χ2v) is 6.40. The van der Waals surface area contributed by atoms with Crippen LogP contribution in [0, 0.1) is 13.8 Å². The Balaban J connectivity index is 0.00000312. The lowest BCUT2D eigenvalue weighted by molar-refractivity contribution is 0.255. The number of benzene rings is 2. The minimum absolute atomic E-state index is 0. The first-order valence-corrected chi connectivity index (χ1v) is 8.34. The van der Waals surface area contributed by atoms with Crippen LogP contribution >= 0.6 is 24.0 Å². The second kappa shape index (κ2) is 10.4. The van der Waals surface area contributed by atoms with Crippen molar-refractivity contribution in [2.75, 3.05) is 18.9 Å². The summed E-state index contributed by atoms with van der Waals surface area (Å²) in [5.41, 5.74) is 10.8. The smallest absolute Gasteiger partial charge is 0.193 e. The van der Waals surface area contributed by atoms with Gasteiger partial charge in [0, 0.05) is 18.3 Å². The van der Waals surface area contributed by atoms with Gasteiger partial charge in [0.05, 0.1) is 6.54 Å². The van der Waals surface area contributed by atoms with Crippen LogP contribution in [-0.2, 0) is 6.54 Å². The van der Waals surface area contributed by atoms with Gasteiger partial charge in [0.15, 0.2) is 5.96 Å². The molecule has 0 amide bonds. The first-order chi connectivity index (χ1) is 11.5. The van der Waals surface area contributed by atoms with E-state index >= 15 is 0 Å². The summed E-state index contributed by atoms with van der Waals surface area (Å²) in [7, 11) is 2.11. The number of hydrogen-bond acceptors (Lipinski definition) is 2. The fourth-order valence-electron chi connectivity index (χ4n) is 2.40. The number of nitrogens with one attached hydrogen (secondary N) is 1. The first-order valence-electron chi connectivity index (χ1n) is 8.34. The molecule has 2 rings (SSSR count). The third-order valence-corrected chi connectivity index (χ3v) is 4.33. The quantitative estimate of drug-likeness (QED) is 0.393. The zero-order valence-corrected chi connectivity index (χ0v) is 17.8. The van der Waals surface area contributed by atoms with Crippen molar-refractivity contribution in [1.82, 2.24) is 4.90 Å². The molecular formula is C20H29IN4. The molecule has 0 aliphatic heterocycles. The van der Waals surface area contributed by atoms with Crippen LogP contribution in [-0.4, -0.2) is 30.5 Å². The van der Waals surface area contributed by atoms with Crippen molar-refractivity contribution >= 4 is 35.6 Å². The fraction of sp³-hybridized carbons (Fsp3) is 0.350. The minimum atomic E-state index is 0. The number of guanidine groups is 1. The minimum Gasteiger partial charge on any atom is -0.370 e. The SMILES string of the molecule is Cc1ccc(NC(N)=NCC(C)N(C)Cc2ccccc2)cc1C.I. The van der Waals surface area contributed by atoms with Crippen molar-refractivity contribution in [3.8, 4) is 0 Å². The van der Waals surface area contributed by atoms with Crippen LogP contribution in [0.3, 0.4) is 0 Å². The highest BCUT2D eigenvalue weighted by Crippen LogP contribution is 2.13. The van der Waals surface area contributed by atoms with Crippen LogP contribution in [0.5, 0.6) is 0 Å². The van der Waals surface area contributed by atoms with Gasteiger partial charge in [0.25, 0.3) is 0 Å². The molecular weight excluding hydrogens is 423 g/mol. The third-order valence-electron chi connectivity index (χ3n) is 4.33. The maximum atomic E-state index is 6.02. The van der Waals surface area contributed by atoms with Crippen LogP contribution in [0.1, 0.15) is 23.6 Å². The van der Waals surface area contributed by atoms with Gasteiger partial charge in [0.2, 0.25) is 0 Å². The van der Waals surface area contributed by atoms with Crippen molar-refractivity contribution < 1.29 is 0 Å². The number of rotatable bonds is 6. The van der Waals surface area contributed by atoms with Crippen LogP contribution < -0.4 is 11.1 Å². The van der Waals surface area contributed by atoms with Gasteiger partial charge in [-0.25, -0.2) is 0 Å². The molecule has 4 nitrogen and oxygen atoms in total. The Morgan fingerprint density at radius 1 is 1.12 bits per heavy atom. The van der Waals surface area contributed by atoms with E-state index in [2.05, 4.69) is 79.4 Å². The van der Waals surface area contributed by atoms with Gasteiger partial charge in [0.1, 0.15) is 0 Å². The number of aryl methyl sites for hydroxylation is 2. The molecule has 0 spiro atoms. The predicted molar refractivity (Wildman–Crippen MR) is 119 cm³/mol. The van der Waals surface area contributed by atoms with Crippen molar-refractivity contribution in [2.24, 2.45) is 10.7 Å². The van der Waals surface area contributed by atoms with Crippen molar-refractivity contribution in [2.45, 2.75) is 33.4 Å². The van der Waals surface area contributed by atoms with E-state index in [-0.39, 0.29) is 24.0 Å². The monoisotopic (exact) mass is 452 g/mol. The standard InChI is InChI=1S/C20H28N4.HI/c1-15-10-11-19(12-16(15)2)23-20(21)22-13-17(3)24(4)14-18-8-6-5-7-9-18;/h5-12,17H,13-14H2,1-4H3,(H3,21,22,23);1H. The fourth-order valence-corrected chi connectivity index (χ4v) is 2.40. The molecule has 0 heterocycles. The molecule has 0 aliphatic rings. The number of halogens is 1. The molecule has 1 unspecified atom stereocenters. The molecule has 0 aromatic heterocycles. The normalized spacial score (nSPS) is 12.6. The van der Waals surface area contributed by atoms with Crippen molar-refractivity contribution in [3.63, 3.8) is 0 Å². The van der Waals surface area contributed by atoms with Gasteiger partial charge in [-0.3, -0.25) is 9.89 Å². The maximum absolute atomic E-state index is 6.02. The van der Waals surface area contributed by atoms with Crippen LogP contribution in [0.25, 0.3) is 0 Å². The molecule has 136 valence electrons. The van der Waals surface area contributed by atoms with E-state index in [9.17, 15) is 0 Å². The molecule has 2 aromatic rings. The second-order valence-electron chi connectivity index (χ2n) is 6.40. The lowest BCUT2D eigenvalue weighted by Gasteiger charge is -2.23. The molecule has 5 heteroatoms. The van der Waals surface area contributed by atoms with Crippen LogP contribution in [0.15, 0.2) is 53.5 Å². The van der Waals surface area contributed by atoms with Gasteiger partial charge in [-0.15, -0.1) is 24.0 Å². The Hall–Kier alpha value is -1.60. The zero-order valence-electron chi connectivity index (χ0n) is 15.5. The highest BCUT2D eigenvalue weighted by molar-refractivity contribution is 14.0. The van der Waals surface area contributed by atoms with Gasteiger partial charge in [-0.05, 0) is 56.6 Å². The van der Waals surface area contributed by atoms with E-state index in [1.54, 1.807) is 0 Å². The molecule has 0 saturated carbocycles. The van der Waals surface area contributed by atoms with Gasteiger partial charge in [-0.1, -0.05) is 36.4 Å². The summed E-state index contributed by atoms with van der Waals surface area (Å²) < 4.78 is 0. The summed E-state index contributed by atoms with van der Waals surface area (Å²) in [5, 5.41) is 3.16. The molecule has 0 fully saturated rings. The number of aliphatic imine (C=N–C) groups is 1. The molecule has 3 N–H and O–H groups in total. The van der Waals surface area contributed by atoms with E-state index in [1.807, 2.05) is 12.1 Å². The number of nitrogens with zero attached hydrogens (tertiary/aromatic N) is 2. The Morgan fingerprint density at radius 2 is 1.80 bits per heavy atom. The Bertz CT molecular complexity index is 685. The number of anilines is 1. The third kappa shape index (κ3) is 7.04. The molecule has 0 bridgehead atoms. The topological polar surface area (TPSA) is 53.6 Å². The highest BCUT2D eigenvalue weighted by Gasteiger charge is 2.09. The first kappa shape index (κ1) is 21.4. The van der Waals surface area contributed by atoms with E-state index in [4.69, 9.17) is 5.73 Å². The maximum Gasteiger partial charge on any atom is 0.193 e. The van der Waals surface area contributed by atoms with Gasteiger partial charge in [-0.2, -0.15) is 0 Å².